The van der Waals surface area contributed by atoms with Gasteiger partial charge in [0.2, 0.25) is 0 Å². The maximum absolute atomic E-state index is 2.34. The minimum Gasteiger partial charge on any atom is -1.00 e. The largest absolute Gasteiger partial charge is 1.00 e. The molecule has 3 atom stereocenters. The van der Waals surface area contributed by atoms with Crippen LogP contribution in [0.5, 0.6) is 0 Å². The zero-order valence-electron chi connectivity index (χ0n) is 14.7. The van der Waals surface area contributed by atoms with Crippen molar-refractivity contribution >= 4 is 0 Å². The van der Waals surface area contributed by atoms with Crippen LogP contribution in [-0.2, 0) is 19.5 Å². The fraction of sp³-hybridized carbons (Fsp3) is 0.429. The molecule has 1 fully saturated rings. The highest BCUT2D eigenvalue weighted by molar-refractivity contribution is 5.27. The summed E-state index contributed by atoms with van der Waals surface area (Å²) in [6.45, 7) is 6.43. The predicted molar refractivity (Wildman–Crippen MR) is 93.5 cm³/mol. The molecule has 1 saturated heterocycles. The molecule has 0 radical (unpaired) electrons. The van der Waals surface area contributed by atoms with E-state index in [4.69, 9.17) is 0 Å². The van der Waals surface area contributed by atoms with Crippen molar-refractivity contribution < 1.29 is 34.6 Å². The van der Waals surface area contributed by atoms with Gasteiger partial charge in [0.15, 0.2) is 0 Å². The average molecular weight is 379 g/mol. The van der Waals surface area contributed by atoms with Gasteiger partial charge in [0.05, 0.1) is 13.1 Å². The average Bonchev–Trinajstić information content (AvgIpc) is 2.62. The number of hydrogen-bond acceptors (Lipinski definition) is 0. The summed E-state index contributed by atoms with van der Waals surface area (Å²) in [6, 6.07) is 20.9. The molecule has 0 bridgehead atoms. The lowest BCUT2D eigenvalue weighted by Gasteiger charge is -2.37. The summed E-state index contributed by atoms with van der Waals surface area (Å²) in [4.78, 5) is 3.60. The van der Waals surface area contributed by atoms with Crippen LogP contribution >= 0.6 is 0 Å². The molecule has 136 valence electrons. The lowest BCUT2D eigenvalue weighted by molar-refractivity contribution is -0.998. The molecule has 2 aromatic rings. The summed E-state index contributed by atoms with van der Waals surface area (Å²) in [5.74, 6) is 0. The molecule has 4 rings (SSSR count). The fourth-order valence-corrected chi connectivity index (χ4v) is 4.50. The quantitative estimate of drug-likeness (QED) is 0.528. The Hall–Kier alpha value is -1.06. The molecule has 25 heavy (non-hydrogen) atoms. The monoisotopic (exact) mass is 378 g/mol. The van der Waals surface area contributed by atoms with Gasteiger partial charge in [-0.2, -0.15) is 0 Å². The molecule has 0 aromatic heterocycles. The molecule has 3 unspecified atom stereocenters. The third-order valence-corrected chi connectivity index (χ3v) is 5.74. The van der Waals surface area contributed by atoms with Crippen molar-refractivity contribution in [2.24, 2.45) is 0 Å². The molecule has 0 saturated carbocycles. The highest BCUT2D eigenvalue weighted by Gasteiger charge is 2.33. The molecule has 0 aliphatic carbocycles. The van der Waals surface area contributed by atoms with Crippen LogP contribution in [0.2, 0.25) is 0 Å². The Kier molecular flexibility index (Phi) is 7.77. The van der Waals surface area contributed by atoms with E-state index in [1.807, 2.05) is 4.90 Å². The second-order valence-corrected chi connectivity index (χ2v) is 7.31. The van der Waals surface area contributed by atoms with Gasteiger partial charge in [-0.3, -0.25) is 0 Å². The standard InChI is InChI=1S/C21H26N2.2ClH/c1-2-7-18(8-3-1)15-22-13-6-11-21(17-22)23-14-12-19-9-4-5-10-20(19)16-23;;/h1-5,7-10,21H,6,11-17H2;2*1H. The molecule has 2 heterocycles. The number of halogens is 2. The number of nitrogens with one attached hydrogen (secondary N) is 2. The van der Waals surface area contributed by atoms with Crippen molar-refractivity contribution in [1.29, 1.82) is 0 Å². The molecular formula is C21H28Cl2N2. The van der Waals surface area contributed by atoms with Crippen molar-refractivity contribution in [2.75, 3.05) is 19.6 Å². The van der Waals surface area contributed by atoms with E-state index in [1.54, 1.807) is 16.0 Å². The van der Waals surface area contributed by atoms with Gasteiger partial charge in [-0.25, -0.2) is 0 Å². The van der Waals surface area contributed by atoms with Crippen molar-refractivity contribution in [3.05, 3.63) is 71.3 Å². The van der Waals surface area contributed by atoms with Gasteiger partial charge in [0, 0.05) is 30.4 Å². The number of likely N-dealkylation sites (tertiary alicyclic amines) is 1. The lowest BCUT2D eigenvalue weighted by Crippen LogP contribution is -3.24. The summed E-state index contributed by atoms with van der Waals surface area (Å²) in [5, 5.41) is 0. The van der Waals surface area contributed by atoms with Crippen LogP contribution in [0.15, 0.2) is 54.6 Å². The highest BCUT2D eigenvalue weighted by Crippen LogP contribution is 2.11. The Morgan fingerprint density at radius 3 is 2.36 bits per heavy atom. The van der Waals surface area contributed by atoms with E-state index in [0.717, 1.165) is 6.04 Å². The number of quaternary nitrogens is 2. The topological polar surface area (TPSA) is 8.88 Å². The predicted octanol–water partition coefficient (Wildman–Crippen LogP) is -5.12. The fourth-order valence-electron chi connectivity index (χ4n) is 4.50. The first-order valence-corrected chi connectivity index (χ1v) is 9.17. The van der Waals surface area contributed by atoms with E-state index in [-0.39, 0.29) is 24.8 Å². The Morgan fingerprint density at radius 2 is 1.56 bits per heavy atom. The SMILES string of the molecule is [Cl-].[Cl-].c1ccc(C[NH+]2CCCC([NH+]3CCc4ccccc4C3)C2)cc1. The number of fused-ring (bicyclic) bond motifs is 1. The minimum absolute atomic E-state index is 0. The zero-order valence-corrected chi connectivity index (χ0v) is 16.2. The number of rotatable bonds is 3. The van der Waals surface area contributed by atoms with E-state index >= 15 is 0 Å². The molecule has 0 amide bonds. The first kappa shape index (κ1) is 20.3. The highest BCUT2D eigenvalue weighted by atomic mass is 35.5. The second kappa shape index (κ2) is 9.59. The van der Waals surface area contributed by atoms with Gasteiger partial charge in [-0.1, -0.05) is 54.6 Å². The van der Waals surface area contributed by atoms with Gasteiger partial charge in [0.25, 0.3) is 0 Å². The molecule has 2 N–H and O–H groups in total. The van der Waals surface area contributed by atoms with Gasteiger partial charge in [-0.15, -0.1) is 0 Å². The van der Waals surface area contributed by atoms with E-state index in [1.165, 1.54) is 57.5 Å². The molecule has 2 aliphatic heterocycles. The first-order valence-electron chi connectivity index (χ1n) is 9.17. The van der Waals surface area contributed by atoms with E-state index in [0.29, 0.717) is 0 Å². The van der Waals surface area contributed by atoms with Gasteiger partial charge < -0.3 is 34.6 Å². The molecule has 2 aliphatic rings. The summed E-state index contributed by atoms with van der Waals surface area (Å²) >= 11 is 0. The normalized spacial score (nSPS) is 25.2. The van der Waals surface area contributed by atoms with Crippen LogP contribution in [0.1, 0.15) is 29.5 Å². The summed E-state index contributed by atoms with van der Waals surface area (Å²) in [7, 11) is 0. The molecule has 2 aromatic carbocycles. The molecule has 2 nitrogen and oxygen atoms in total. The van der Waals surface area contributed by atoms with Crippen LogP contribution in [-0.4, -0.2) is 25.7 Å². The van der Waals surface area contributed by atoms with Gasteiger partial charge in [0.1, 0.15) is 25.7 Å². The minimum atomic E-state index is 0. The van der Waals surface area contributed by atoms with E-state index in [9.17, 15) is 0 Å². The van der Waals surface area contributed by atoms with Gasteiger partial charge >= 0.3 is 0 Å². The summed E-state index contributed by atoms with van der Waals surface area (Å²) < 4.78 is 0. The molecule has 4 heteroatoms. The van der Waals surface area contributed by atoms with Crippen LogP contribution in [0.25, 0.3) is 0 Å². The zero-order chi connectivity index (χ0) is 15.5. The summed E-state index contributed by atoms with van der Waals surface area (Å²) in [6.07, 6.45) is 4.06. The van der Waals surface area contributed by atoms with Crippen molar-refractivity contribution in [1.82, 2.24) is 0 Å². The van der Waals surface area contributed by atoms with Crippen molar-refractivity contribution in [2.45, 2.75) is 38.4 Å². The summed E-state index contributed by atoms with van der Waals surface area (Å²) in [5.41, 5.74) is 4.66. The van der Waals surface area contributed by atoms with Crippen molar-refractivity contribution in [3.63, 3.8) is 0 Å². The third kappa shape index (κ3) is 4.98. The van der Waals surface area contributed by atoms with Crippen molar-refractivity contribution in [3.8, 4) is 0 Å². The Morgan fingerprint density at radius 1 is 0.840 bits per heavy atom. The van der Waals surface area contributed by atoms with Crippen LogP contribution < -0.4 is 34.6 Å². The van der Waals surface area contributed by atoms with E-state index in [2.05, 4.69) is 54.6 Å². The number of piperidine rings is 1. The second-order valence-electron chi connectivity index (χ2n) is 7.31. The lowest BCUT2D eigenvalue weighted by atomic mass is 9.96. The Labute approximate surface area is 164 Å². The van der Waals surface area contributed by atoms with Crippen LogP contribution in [0.3, 0.4) is 0 Å². The number of benzene rings is 2. The van der Waals surface area contributed by atoms with E-state index < -0.39 is 0 Å². The van der Waals surface area contributed by atoms with Crippen LogP contribution in [0.4, 0.5) is 0 Å². The maximum Gasteiger partial charge on any atom is 0.137 e. The first-order chi connectivity index (χ1) is 11.4. The molecular weight excluding hydrogens is 351 g/mol. The Bertz CT molecular complexity index is 647. The Balaban J connectivity index is 0.00000113. The molecule has 0 spiro atoms. The van der Waals surface area contributed by atoms with Crippen LogP contribution in [0, 0.1) is 0 Å². The smallest absolute Gasteiger partial charge is 0.137 e. The van der Waals surface area contributed by atoms with Gasteiger partial charge in [-0.05, 0) is 5.56 Å². The third-order valence-electron chi connectivity index (χ3n) is 5.74. The number of hydrogen-bond donors (Lipinski definition) is 2. The maximum atomic E-state index is 2.34.